The molecule has 1 unspecified atom stereocenters. The number of nitrogens with one attached hydrogen (secondary N) is 3. The summed E-state index contributed by atoms with van der Waals surface area (Å²) in [5.41, 5.74) is 3.76. The number of carbonyl (C=O) groups is 1. The van der Waals surface area contributed by atoms with E-state index in [1.807, 2.05) is 79.7 Å². The molecule has 0 aliphatic carbocycles. The molecule has 0 radical (unpaired) electrons. The molecule has 1 aromatic heterocycles. The van der Waals surface area contributed by atoms with Gasteiger partial charge in [-0.15, -0.1) is 0 Å². The molecule has 0 saturated carbocycles. The van der Waals surface area contributed by atoms with Crippen molar-refractivity contribution < 1.29 is 13.2 Å². The zero-order valence-electron chi connectivity index (χ0n) is 26.7. The smallest absolute Gasteiger partial charge is 0.317 e. The first-order valence-corrected chi connectivity index (χ1v) is 17.3. The predicted molar refractivity (Wildman–Crippen MR) is 186 cm³/mol. The van der Waals surface area contributed by atoms with Gasteiger partial charge in [-0.05, 0) is 91.5 Å². The summed E-state index contributed by atoms with van der Waals surface area (Å²) in [4.78, 5) is 13.7. The quantitative estimate of drug-likeness (QED) is 0.169. The molecule has 8 nitrogen and oxygen atoms in total. The third-order valence-electron chi connectivity index (χ3n) is 8.67. The number of urea groups is 1. The van der Waals surface area contributed by atoms with Crippen LogP contribution in [0.2, 0.25) is 0 Å². The van der Waals surface area contributed by atoms with Gasteiger partial charge in [-0.2, -0.15) is 5.10 Å². The van der Waals surface area contributed by atoms with Gasteiger partial charge in [0.2, 0.25) is 0 Å². The van der Waals surface area contributed by atoms with Crippen LogP contribution in [0.25, 0.3) is 16.5 Å². The zero-order chi connectivity index (χ0) is 32.5. The first-order chi connectivity index (χ1) is 22.0. The number of aryl methyl sites for hydroxylation is 1. The molecule has 1 saturated heterocycles. The van der Waals surface area contributed by atoms with Gasteiger partial charge in [-0.25, -0.2) is 17.9 Å². The molecule has 3 N–H and O–H groups in total. The molecule has 5 aromatic rings. The maximum Gasteiger partial charge on any atom is 0.324 e. The number of aromatic nitrogens is 2. The number of hydrogen-bond acceptors (Lipinski definition) is 5. The molecule has 1 aliphatic heterocycles. The van der Waals surface area contributed by atoms with Crippen LogP contribution in [0.5, 0.6) is 0 Å². The molecule has 6 rings (SSSR count). The van der Waals surface area contributed by atoms with E-state index in [0.29, 0.717) is 22.0 Å². The lowest BCUT2D eigenvalue weighted by atomic mass is 9.90. The molecule has 46 heavy (non-hydrogen) atoms. The Morgan fingerprint density at radius 3 is 2.30 bits per heavy atom. The maximum absolute atomic E-state index is 14.4. The molecule has 1 aliphatic rings. The first-order valence-electron chi connectivity index (χ1n) is 15.8. The van der Waals surface area contributed by atoms with E-state index >= 15 is 0 Å². The molecule has 1 atom stereocenters. The number of sulfone groups is 1. The lowest BCUT2D eigenvalue weighted by molar-refractivity contribution is 0.262. The minimum absolute atomic E-state index is 0.0681. The number of anilines is 2. The van der Waals surface area contributed by atoms with Crippen LogP contribution in [0.1, 0.15) is 55.7 Å². The summed E-state index contributed by atoms with van der Waals surface area (Å²) in [6.45, 7) is 9.79. The lowest BCUT2D eigenvalue weighted by Crippen LogP contribution is -2.33. The summed E-state index contributed by atoms with van der Waals surface area (Å²) >= 11 is 0. The van der Waals surface area contributed by atoms with Gasteiger partial charge in [-0.1, -0.05) is 80.9 Å². The third kappa shape index (κ3) is 6.71. The van der Waals surface area contributed by atoms with Gasteiger partial charge in [0.1, 0.15) is 5.82 Å². The molecule has 0 spiro atoms. The van der Waals surface area contributed by atoms with Gasteiger partial charge < -0.3 is 10.6 Å². The Morgan fingerprint density at radius 2 is 1.59 bits per heavy atom. The van der Waals surface area contributed by atoms with E-state index < -0.39 is 21.1 Å². The van der Waals surface area contributed by atoms with Crippen LogP contribution in [0, 0.1) is 12.8 Å². The van der Waals surface area contributed by atoms with Crippen molar-refractivity contribution in [3.8, 4) is 5.69 Å². The van der Waals surface area contributed by atoms with E-state index in [1.54, 1.807) is 28.9 Å². The molecule has 9 heteroatoms. The van der Waals surface area contributed by atoms with Crippen molar-refractivity contribution in [3.63, 3.8) is 0 Å². The second kappa shape index (κ2) is 12.7. The molecule has 2 amide bonds. The molecule has 1 fully saturated rings. The van der Waals surface area contributed by atoms with Crippen LogP contribution in [0.3, 0.4) is 0 Å². The Kier molecular flexibility index (Phi) is 8.72. The van der Waals surface area contributed by atoms with Gasteiger partial charge in [-0.3, -0.25) is 5.32 Å². The highest BCUT2D eigenvalue weighted by molar-refractivity contribution is 7.91. The maximum atomic E-state index is 14.4. The van der Waals surface area contributed by atoms with Crippen molar-refractivity contribution in [1.82, 2.24) is 15.1 Å². The summed E-state index contributed by atoms with van der Waals surface area (Å²) in [5, 5.41) is 15.2. The van der Waals surface area contributed by atoms with Crippen molar-refractivity contribution in [2.75, 3.05) is 23.7 Å². The molecule has 2 heterocycles. The minimum atomic E-state index is -3.76. The van der Waals surface area contributed by atoms with Gasteiger partial charge in [0, 0.05) is 17.2 Å². The number of fused-ring (bicyclic) bond motifs is 1. The van der Waals surface area contributed by atoms with E-state index in [-0.39, 0.29) is 11.3 Å². The third-order valence-corrected chi connectivity index (χ3v) is 10.9. The van der Waals surface area contributed by atoms with Crippen LogP contribution in [-0.2, 0) is 15.3 Å². The second-order valence-electron chi connectivity index (χ2n) is 13.2. The van der Waals surface area contributed by atoms with E-state index in [2.05, 4.69) is 36.7 Å². The predicted octanol–water partition coefficient (Wildman–Crippen LogP) is 7.79. The highest BCUT2D eigenvalue weighted by Crippen LogP contribution is 2.40. The highest BCUT2D eigenvalue weighted by atomic mass is 32.2. The van der Waals surface area contributed by atoms with Crippen molar-refractivity contribution >= 4 is 38.1 Å². The average Bonchev–Trinajstić information content (AvgIpc) is 3.46. The Hall–Kier alpha value is -4.47. The summed E-state index contributed by atoms with van der Waals surface area (Å²) < 4.78 is 30.5. The first kappa shape index (κ1) is 31.5. The fourth-order valence-electron chi connectivity index (χ4n) is 6.13. The Morgan fingerprint density at radius 1 is 0.870 bits per heavy atom. The number of rotatable bonds is 7. The van der Waals surface area contributed by atoms with Gasteiger partial charge in [0.15, 0.2) is 9.84 Å². The number of amides is 2. The minimum Gasteiger partial charge on any atom is -0.317 e. The number of carbonyl (C=O) groups excluding carboxylic acids is 1. The normalized spacial score (nSPS) is 15.0. The summed E-state index contributed by atoms with van der Waals surface area (Å²) in [6.07, 6.45) is 1.49. The standard InChI is InChI=1S/C37H41N5O3S/c1-25-12-15-31(16-13-25)42-34(24-33(41-42)37(2,3)4)40-36(43)39-30-11-7-10-29(22-30)35(27-18-20-38-21-19-27)46(44,45)32-17-14-26-8-5-6-9-28(26)23-32/h5-17,22-24,27,35,38H,18-21H2,1-4H3,(H2,39,40,43). The van der Waals surface area contributed by atoms with E-state index in [4.69, 9.17) is 5.10 Å². The van der Waals surface area contributed by atoms with E-state index in [9.17, 15) is 13.2 Å². The van der Waals surface area contributed by atoms with Crippen molar-refractivity contribution in [1.29, 1.82) is 0 Å². The van der Waals surface area contributed by atoms with Crippen LogP contribution in [0.4, 0.5) is 16.3 Å². The molecule has 238 valence electrons. The summed E-state index contributed by atoms with van der Waals surface area (Å²) in [7, 11) is -3.76. The van der Waals surface area contributed by atoms with E-state index in [1.165, 1.54) is 0 Å². The molecular formula is C37H41N5O3S. The monoisotopic (exact) mass is 635 g/mol. The Labute approximate surface area is 271 Å². The number of hydrogen-bond donors (Lipinski definition) is 3. The zero-order valence-corrected chi connectivity index (χ0v) is 27.6. The largest absolute Gasteiger partial charge is 0.324 e. The summed E-state index contributed by atoms with van der Waals surface area (Å²) in [6, 6.07) is 29.8. The molecule has 4 aromatic carbocycles. The lowest BCUT2D eigenvalue weighted by Gasteiger charge is -2.31. The van der Waals surface area contributed by atoms with Crippen molar-refractivity contribution in [2.24, 2.45) is 5.92 Å². The topological polar surface area (TPSA) is 105 Å². The second-order valence-corrected chi connectivity index (χ2v) is 15.2. The Balaban J connectivity index is 1.30. The van der Waals surface area contributed by atoms with Gasteiger partial charge in [0.25, 0.3) is 0 Å². The number of nitrogens with zero attached hydrogens (tertiary/aromatic N) is 2. The van der Waals surface area contributed by atoms with Crippen LogP contribution >= 0.6 is 0 Å². The average molecular weight is 636 g/mol. The molecular weight excluding hydrogens is 595 g/mol. The van der Waals surface area contributed by atoms with Gasteiger partial charge in [0.05, 0.1) is 21.5 Å². The number of benzene rings is 4. The van der Waals surface area contributed by atoms with Crippen LogP contribution < -0.4 is 16.0 Å². The van der Waals surface area contributed by atoms with Crippen LogP contribution in [0.15, 0.2) is 102 Å². The van der Waals surface area contributed by atoms with E-state index in [0.717, 1.165) is 53.6 Å². The SMILES string of the molecule is Cc1ccc(-n2nc(C(C)(C)C)cc2NC(=O)Nc2cccc(C(C3CCNCC3)S(=O)(=O)c3ccc4ccccc4c3)c2)cc1. The summed E-state index contributed by atoms with van der Waals surface area (Å²) in [5.74, 6) is 0.468. The number of piperidine rings is 1. The van der Waals surface area contributed by atoms with Crippen molar-refractivity contribution in [3.05, 3.63) is 114 Å². The van der Waals surface area contributed by atoms with Gasteiger partial charge >= 0.3 is 6.03 Å². The molecule has 0 bridgehead atoms. The van der Waals surface area contributed by atoms with Crippen molar-refractivity contribution in [2.45, 2.75) is 56.1 Å². The fourth-order valence-corrected chi connectivity index (χ4v) is 8.26. The highest BCUT2D eigenvalue weighted by Gasteiger charge is 2.37. The van der Waals surface area contributed by atoms with Crippen LogP contribution in [-0.4, -0.2) is 37.3 Å². The Bertz CT molecular complexity index is 1970. The fraction of sp³-hybridized carbons (Fsp3) is 0.297.